The van der Waals surface area contributed by atoms with Crippen LogP contribution in [0, 0.1) is 17.8 Å². The molecule has 5 N–H and O–H groups in total. The highest BCUT2D eigenvalue weighted by Gasteiger charge is 2.31. The van der Waals surface area contributed by atoms with Crippen LogP contribution in [0.25, 0.3) is 0 Å². The summed E-state index contributed by atoms with van der Waals surface area (Å²) in [4.78, 5) is 64.0. The molecule has 0 radical (unpaired) electrons. The largest absolute Gasteiger partial charge is 0.391 e. The molecular weight excluding hydrogens is 558 g/mol. The molecule has 3 amide bonds. The van der Waals surface area contributed by atoms with Crippen molar-refractivity contribution in [1.82, 2.24) is 10.6 Å². The van der Waals surface area contributed by atoms with Gasteiger partial charge < -0.3 is 21.5 Å². The van der Waals surface area contributed by atoms with Gasteiger partial charge in [-0.2, -0.15) is 0 Å². The van der Waals surface area contributed by atoms with E-state index in [4.69, 9.17) is 5.73 Å². The number of nitrogens with two attached hydrogens (primary N) is 1. The summed E-state index contributed by atoms with van der Waals surface area (Å²) in [6.07, 6.45) is 7.81. The minimum absolute atomic E-state index is 0.00685. The number of rotatable bonds is 24. The molecule has 9 heteroatoms. The zero-order valence-electron chi connectivity index (χ0n) is 27.6. The van der Waals surface area contributed by atoms with E-state index in [0.29, 0.717) is 6.42 Å². The van der Waals surface area contributed by atoms with Crippen LogP contribution in [0.5, 0.6) is 0 Å². The SMILES string of the molecule is CCCCCCCCCC(=O)C[C@H](C(=O)N[C@@H](Cc1ccccc1)C(=O)CC(C)C(=O)NC(CCC(N)=O)C(C)O)C(C)C. The minimum atomic E-state index is -0.909. The van der Waals surface area contributed by atoms with E-state index in [0.717, 1.165) is 24.8 Å². The fourth-order valence-corrected chi connectivity index (χ4v) is 5.23. The van der Waals surface area contributed by atoms with Gasteiger partial charge in [0.05, 0.1) is 18.2 Å². The Morgan fingerprint density at radius 3 is 1.98 bits per heavy atom. The van der Waals surface area contributed by atoms with Crippen molar-refractivity contribution in [3.8, 4) is 0 Å². The zero-order chi connectivity index (χ0) is 33.1. The van der Waals surface area contributed by atoms with Crippen LogP contribution in [0.15, 0.2) is 30.3 Å². The fourth-order valence-electron chi connectivity index (χ4n) is 5.23. The summed E-state index contributed by atoms with van der Waals surface area (Å²) in [5.74, 6) is -2.93. The molecule has 9 nitrogen and oxygen atoms in total. The monoisotopic (exact) mass is 615 g/mol. The average molecular weight is 616 g/mol. The molecule has 3 unspecified atom stereocenters. The van der Waals surface area contributed by atoms with E-state index in [1.54, 1.807) is 6.92 Å². The van der Waals surface area contributed by atoms with Crippen LogP contribution in [0.4, 0.5) is 0 Å². The van der Waals surface area contributed by atoms with Gasteiger partial charge in [-0.1, -0.05) is 96.6 Å². The van der Waals surface area contributed by atoms with Gasteiger partial charge in [0.15, 0.2) is 5.78 Å². The maximum atomic E-state index is 13.5. The van der Waals surface area contributed by atoms with Crippen LogP contribution in [0.3, 0.4) is 0 Å². The lowest BCUT2D eigenvalue weighted by atomic mass is 9.87. The first kappa shape index (κ1) is 39.0. The maximum Gasteiger partial charge on any atom is 0.224 e. The van der Waals surface area contributed by atoms with Crippen molar-refractivity contribution in [3.63, 3.8) is 0 Å². The molecule has 1 aromatic carbocycles. The third kappa shape index (κ3) is 16.1. The van der Waals surface area contributed by atoms with Gasteiger partial charge in [0, 0.05) is 37.5 Å². The van der Waals surface area contributed by atoms with E-state index in [-0.39, 0.29) is 55.5 Å². The Hall–Kier alpha value is -3.07. The first-order chi connectivity index (χ1) is 20.8. The predicted octanol–water partition coefficient (Wildman–Crippen LogP) is 4.81. The summed E-state index contributed by atoms with van der Waals surface area (Å²) >= 11 is 0. The van der Waals surface area contributed by atoms with Crippen molar-refractivity contribution in [2.24, 2.45) is 23.5 Å². The van der Waals surface area contributed by atoms with Crippen molar-refractivity contribution in [2.45, 2.75) is 136 Å². The van der Waals surface area contributed by atoms with Crippen LogP contribution in [0.2, 0.25) is 0 Å². The fraction of sp³-hybridized carbons (Fsp3) is 0.686. The third-order valence-corrected chi connectivity index (χ3v) is 8.20. The van der Waals surface area contributed by atoms with Crippen molar-refractivity contribution >= 4 is 29.3 Å². The Morgan fingerprint density at radius 1 is 0.795 bits per heavy atom. The van der Waals surface area contributed by atoms with E-state index >= 15 is 0 Å². The molecule has 0 aliphatic carbocycles. The van der Waals surface area contributed by atoms with Crippen molar-refractivity contribution < 1.29 is 29.1 Å². The molecule has 1 aromatic rings. The summed E-state index contributed by atoms with van der Waals surface area (Å²) in [7, 11) is 0. The number of unbranched alkanes of at least 4 members (excludes halogenated alkanes) is 6. The first-order valence-corrected chi connectivity index (χ1v) is 16.5. The van der Waals surface area contributed by atoms with Crippen LogP contribution in [-0.2, 0) is 30.4 Å². The highest BCUT2D eigenvalue weighted by molar-refractivity contribution is 5.94. The van der Waals surface area contributed by atoms with Crippen molar-refractivity contribution in [1.29, 1.82) is 0 Å². The van der Waals surface area contributed by atoms with Crippen LogP contribution >= 0.6 is 0 Å². The summed E-state index contributed by atoms with van der Waals surface area (Å²) in [6, 6.07) is 7.78. The average Bonchev–Trinajstić information content (AvgIpc) is 2.96. The van der Waals surface area contributed by atoms with E-state index < -0.39 is 41.8 Å². The second kappa shape index (κ2) is 21.6. The van der Waals surface area contributed by atoms with Gasteiger partial charge in [-0.05, 0) is 37.7 Å². The number of nitrogens with one attached hydrogen (secondary N) is 2. The number of carbonyl (C=O) groups excluding carboxylic acids is 5. The lowest BCUT2D eigenvalue weighted by Gasteiger charge is -2.26. The number of carbonyl (C=O) groups is 5. The molecule has 0 heterocycles. The Morgan fingerprint density at radius 2 is 1.41 bits per heavy atom. The summed E-state index contributed by atoms with van der Waals surface area (Å²) in [5, 5.41) is 15.7. The number of hydrogen-bond donors (Lipinski definition) is 4. The van der Waals surface area contributed by atoms with E-state index in [2.05, 4.69) is 17.6 Å². The highest BCUT2D eigenvalue weighted by atomic mass is 16.3. The molecule has 0 aliphatic rings. The smallest absolute Gasteiger partial charge is 0.224 e. The number of aliphatic hydroxyl groups is 1. The number of amides is 3. The summed E-state index contributed by atoms with van der Waals surface area (Å²) < 4.78 is 0. The number of ketones is 2. The van der Waals surface area contributed by atoms with Gasteiger partial charge in [-0.15, -0.1) is 0 Å². The molecule has 0 bridgehead atoms. The molecular formula is C35H57N3O6. The standard InChI is InChI=1S/C35H57N3O6/c1-6-7-8-9-10-11-15-18-28(40)23-29(24(2)3)35(44)38-31(22-27-16-13-12-14-17-27)32(41)21-25(4)34(43)37-30(26(5)39)19-20-33(36)42/h12-14,16-17,24-26,29-31,39H,6-11,15,18-23H2,1-5H3,(H2,36,42)(H,37,43)(H,38,44)/t25?,26?,29-,30?,31-/m0/s1. The molecule has 0 aliphatic heterocycles. The topological polar surface area (TPSA) is 156 Å². The number of Topliss-reactive ketones (excluding diaryl/α,β-unsaturated/α-hetero) is 2. The van der Waals surface area contributed by atoms with E-state index in [1.165, 1.54) is 32.6 Å². The normalized spacial score (nSPS) is 14.7. The number of aliphatic hydroxyl groups excluding tert-OH is 1. The zero-order valence-corrected chi connectivity index (χ0v) is 27.6. The third-order valence-electron chi connectivity index (χ3n) is 8.20. The van der Waals surface area contributed by atoms with Crippen molar-refractivity contribution in [2.75, 3.05) is 0 Å². The van der Waals surface area contributed by atoms with Gasteiger partial charge in [0.25, 0.3) is 0 Å². The first-order valence-electron chi connectivity index (χ1n) is 16.5. The number of benzene rings is 1. The van der Waals surface area contributed by atoms with Gasteiger partial charge in [0.2, 0.25) is 17.7 Å². The van der Waals surface area contributed by atoms with Gasteiger partial charge in [0.1, 0.15) is 5.78 Å². The van der Waals surface area contributed by atoms with Crippen LogP contribution < -0.4 is 16.4 Å². The lowest BCUT2D eigenvalue weighted by molar-refractivity contribution is -0.135. The van der Waals surface area contributed by atoms with E-state index in [1.807, 2.05) is 44.2 Å². The lowest BCUT2D eigenvalue weighted by Crippen LogP contribution is -2.48. The molecule has 0 fully saturated rings. The summed E-state index contributed by atoms with van der Waals surface area (Å²) in [6.45, 7) is 9.12. The molecule has 0 aromatic heterocycles. The molecule has 44 heavy (non-hydrogen) atoms. The Labute approximate surface area is 264 Å². The highest BCUT2D eigenvalue weighted by Crippen LogP contribution is 2.20. The molecule has 0 spiro atoms. The second-order valence-corrected chi connectivity index (χ2v) is 12.6. The molecule has 0 saturated carbocycles. The number of hydrogen-bond acceptors (Lipinski definition) is 6. The van der Waals surface area contributed by atoms with Crippen LogP contribution in [0.1, 0.15) is 117 Å². The Kier molecular flexibility index (Phi) is 19.1. The molecule has 1 rings (SSSR count). The molecule has 5 atom stereocenters. The quantitative estimate of drug-likeness (QED) is 0.122. The van der Waals surface area contributed by atoms with Gasteiger partial charge in [-0.25, -0.2) is 0 Å². The molecule has 0 saturated heterocycles. The van der Waals surface area contributed by atoms with Gasteiger partial charge >= 0.3 is 0 Å². The van der Waals surface area contributed by atoms with Crippen LogP contribution in [-0.4, -0.2) is 52.6 Å². The second-order valence-electron chi connectivity index (χ2n) is 12.6. The Balaban J connectivity index is 2.89. The maximum absolute atomic E-state index is 13.5. The van der Waals surface area contributed by atoms with Gasteiger partial charge in [-0.3, -0.25) is 24.0 Å². The van der Waals surface area contributed by atoms with Crippen molar-refractivity contribution in [3.05, 3.63) is 35.9 Å². The minimum Gasteiger partial charge on any atom is -0.391 e. The molecule has 248 valence electrons. The predicted molar refractivity (Wildman–Crippen MR) is 173 cm³/mol. The van der Waals surface area contributed by atoms with E-state index in [9.17, 15) is 29.1 Å². The number of primary amides is 1. The summed E-state index contributed by atoms with van der Waals surface area (Å²) in [5.41, 5.74) is 6.08. The Bertz CT molecular complexity index is 1030.